The third kappa shape index (κ3) is 3.97. The van der Waals surface area contributed by atoms with Gasteiger partial charge in [0.2, 0.25) is 5.91 Å². The molecular formula is C20H19N3O2S. The molecular weight excluding hydrogens is 346 g/mol. The summed E-state index contributed by atoms with van der Waals surface area (Å²) in [6, 6.07) is 15.1. The molecule has 26 heavy (non-hydrogen) atoms. The predicted molar refractivity (Wildman–Crippen MR) is 106 cm³/mol. The van der Waals surface area contributed by atoms with Crippen LogP contribution in [-0.4, -0.2) is 16.8 Å². The third-order valence-electron chi connectivity index (χ3n) is 3.83. The number of carbonyl (C=O) groups is 2. The van der Waals surface area contributed by atoms with Gasteiger partial charge in [-0.25, -0.2) is 4.98 Å². The highest BCUT2D eigenvalue weighted by Gasteiger charge is 2.17. The highest BCUT2D eigenvalue weighted by molar-refractivity contribution is 7.15. The molecule has 132 valence electrons. The lowest BCUT2D eigenvalue weighted by Gasteiger charge is -2.06. The molecule has 0 radical (unpaired) electrons. The molecule has 0 fully saturated rings. The van der Waals surface area contributed by atoms with Crippen molar-refractivity contribution in [2.45, 2.75) is 20.8 Å². The van der Waals surface area contributed by atoms with Gasteiger partial charge >= 0.3 is 0 Å². The van der Waals surface area contributed by atoms with Crippen LogP contribution in [-0.2, 0) is 4.79 Å². The first-order valence-electron chi connectivity index (χ1n) is 8.16. The number of para-hydroxylation sites is 1. The van der Waals surface area contributed by atoms with Gasteiger partial charge in [0.25, 0.3) is 5.91 Å². The highest BCUT2D eigenvalue weighted by Crippen LogP contribution is 2.30. The second-order valence-corrected chi connectivity index (χ2v) is 7.16. The van der Waals surface area contributed by atoms with Gasteiger partial charge in [0.1, 0.15) is 10.7 Å². The van der Waals surface area contributed by atoms with Crippen molar-refractivity contribution in [2.75, 3.05) is 10.6 Å². The second-order valence-electron chi connectivity index (χ2n) is 5.95. The van der Waals surface area contributed by atoms with Crippen molar-refractivity contribution in [3.8, 4) is 10.6 Å². The summed E-state index contributed by atoms with van der Waals surface area (Å²) < 4.78 is 0. The van der Waals surface area contributed by atoms with E-state index < -0.39 is 0 Å². The second kappa shape index (κ2) is 7.49. The molecule has 5 nitrogen and oxygen atoms in total. The summed E-state index contributed by atoms with van der Waals surface area (Å²) in [7, 11) is 0. The number of aromatic nitrogens is 1. The summed E-state index contributed by atoms with van der Waals surface area (Å²) in [6.45, 7) is 5.29. The first-order chi connectivity index (χ1) is 12.4. The van der Waals surface area contributed by atoms with Crippen LogP contribution >= 0.6 is 11.3 Å². The molecule has 0 aliphatic rings. The van der Waals surface area contributed by atoms with Crippen LogP contribution in [0.4, 0.5) is 11.4 Å². The highest BCUT2D eigenvalue weighted by atomic mass is 32.1. The summed E-state index contributed by atoms with van der Waals surface area (Å²) in [5, 5.41) is 6.41. The summed E-state index contributed by atoms with van der Waals surface area (Å²) in [4.78, 5) is 29.2. The Kier molecular flexibility index (Phi) is 5.14. The van der Waals surface area contributed by atoms with Gasteiger partial charge in [0.15, 0.2) is 0 Å². The van der Waals surface area contributed by atoms with Crippen molar-refractivity contribution in [3.05, 3.63) is 64.7 Å². The van der Waals surface area contributed by atoms with E-state index in [2.05, 4.69) is 15.6 Å². The molecule has 0 spiro atoms. The fourth-order valence-corrected chi connectivity index (χ4v) is 3.47. The van der Waals surface area contributed by atoms with Gasteiger partial charge in [0.05, 0.1) is 0 Å². The summed E-state index contributed by atoms with van der Waals surface area (Å²) in [6.07, 6.45) is 0. The number of thiazole rings is 1. The van der Waals surface area contributed by atoms with Crippen LogP contribution in [0.15, 0.2) is 48.5 Å². The van der Waals surface area contributed by atoms with E-state index in [1.54, 1.807) is 0 Å². The predicted octanol–water partition coefficient (Wildman–Crippen LogP) is 4.64. The van der Waals surface area contributed by atoms with Crippen molar-refractivity contribution in [1.29, 1.82) is 0 Å². The van der Waals surface area contributed by atoms with Crippen molar-refractivity contribution in [1.82, 2.24) is 4.98 Å². The van der Waals surface area contributed by atoms with Gasteiger partial charge < -0.3 is 10.6 Å². The first kappa shape index (κ1) is 17.8. The Morgan fingerprint density at radius 2 is 1.77 bits per heavy atom. The minimum absolute atomic E-state index is 0.129. The van der Waals surface area contributed by atoms with Crippen molar-refractivity contribution < 1.29 is 9.59 Å². The number of hydrogen-bond donors (Lipinski definition) is 2. The Hall–Kier alpha value is -2.99. The number of hydrogen-bond acceptors (Lipinski definition) is 4. The zero-order chi connectivity index (χ0) is 18.7. The van der Waals surface area contributed by atoms with E-state index in [-0.39, 0.29) is 11.8 Å². The summed E-state index contributed by atoms with van der Waals surface area (Å²) >= 11 is 1.45. The number of aryl methyl sites for hydroxylation is 2. The zero-order valence-electron chi connectivity index (χ0n) is 14.8. The maximum absolute atomic E-state index is 12.6. The van der Waals surface area contributed by atoms with Gasteiger partial charge in [-0.3, -0.25) is 9.59 Å². The summed E-state index contributed by atoms with van der Waals surface area (Å²) in [5.74, 6) is -0.354. The SMILES string of the molecule is CC(=O)Nc1cccc(-c2nc(C(=O)Nc3ccccc3C)c(C)s2)c1. The van der Waals surface area contributed by atoms with Crippen LogP contribution in [0.5, 0.6) is 0 Å². The van der Waals surface area contributed by atoms with Crippen LogP contribution in [0, 0.1) is 13.8 Å². The molecule has 0 aliphatic heterocycles. The minimum Gasteiger partial charge on any atom is -0.326 e. The van der Waals surface area contributed by atoms with Gasteiger partial charge in [-0.2, -0.15) is 0 Å². The number of anilines is 2. The Bertz CT molecular complexity index is 979. The molecule has 0 bridgehead atoms. The maximum Gasteiger partial charge on any atom is 0.275 e. The lowest BCUT2D eigenvalue weighted by Crippen LogP contribution is -2.14. The molecule has 0 aliphatic carbocycles. The standard InChI is InChI=1S/C20H19N3O2S/c1-12-7-4-5-10-17(12)22-19(25)18-13(2)26-20(23-18)15-8-6-9-16(11-15)21-14(3)24/h4-11H,1-3H3,(H,21,24)(H,22,25). The molecule has 1 aromatic heterocycles. The summed E-state index contributed by atoms with van der Waals surface area (Å²) in [5.41, 5.74) is 3.75. The molecule has 3 aromatic rings. The largest absolute Gasteiger partial charge is 0.326 e. The molecule has 6 heteroatoms. The fraction of sp³-hybridized carbons (Fsp3) is 0.150. The van der Waals surface area contributed by atoms with Gasteiger partial charge in [-0.05, 0) is 37.6 Å². The van der Waals surface area contributed by atoms with Gasteiger partial charge in [-0.1, -0.05) is 30.3 Å². The van der Waals surface area contributed by atoms with E-state index in [4.69, 9.17) is 0 Å². The average Bonchev–Trinajstić information content (AvgIpc) is 2.98. The van der Waals surface area contributed by atoms with E-state index in [0.29, 0.717) is 11.4 Å². The molecule has 0 saturated carbocycles. The lowest BCUT2D eigenvalue weighted by atomic mass is 10.2. The Morgan fingerprint density at radius 1 is 1.00 bits per heavy atom. The normalized spacial score (nSPS) is 10.4. The lowest BCUT2D eigenvalue weighted by molar-refractivity contribution is -0.114. The Morgan fingerprint density at radius 3 is 2.50 bits per heavy atom. The molecule has 0 saturated heterocycles. The Balaban J connectivity index is 1.86. The third-order valence-corrected chi connectivity index (χ3v) is 4.85. The van der Waals surface area contributed by atoms with Gasteiger partial charge in [-0.15, -0.1) is 11.3 Å². The topological polar surface area (TPSA) is 71.1 Å². The van der Waals surface area contributed by atoms with Gasteiger partial charge in [0, 0.05) is 28.7 Å². The van der Waals surface area contributed by atoms with Crippen LogP contribution in [0.2, 0.25) is 0 Å². The molecule has 3 rings (SSSR count). The number of benzene rings is 2. The molecule has 2 amide bonds. The number of nitrogens with one attached hydrogen (secondary N) is 2. The van der Waals surface area contributed by atoms with E-state index in [1.807, 2.05) is 62.4 Å². The van der Waals surface area contributed by atoms with Crippen LogP contribution in [0.3, 0.4) is 0 Å². The molecule has 0 atom stereocenters. The number of carbonyl (C=O) groups excluding carboxylic acids is 2. The van der Waals surface area contributed by atoms with Crippen molar-refractivity contribution in [2.24, 2.45) is 0 Å². The van der Waals surface area contributed by atoms with Crippen molar-refractivity contribution in [3.63, 3.8) is 0 Å². The Labute approximate surface area is 156 Å². The van der Waals surface area contributed by atoms with E-state index in [0.717, 1.165) is 26.7 Å². The van der Waals surface area contributed by atoms with Crippen molar-refractivity contribution >= 4 is 34.5 Å². The quantitative estimate of drug-likeness (QED) is 0.708. The van der Waals surface area contributed by atoms with Crippen LogP contribution < -0.4 is 10.6 Å². The molecule has 2 aromatic carbocycles. The first-order valence-corrected chi connectivity index (χ1v) is 8.98. The zero-order valence-corrected chi connectivity index (χ0v) is 15.6. The number of nitrogens with zero attached hydrogens (tertiary/aromatic N) is 1. The monoisotopic (exact) mass is 365 g/mol. The smallest absolute Gasteiger partial charge is 0.275 e. The maximum atomic E-state index is 12.6. The molecule has 1 heterocycles. The minimum atomic E-state index is -0.225. The molecule has 2 N–H and O–H groups in total. The average molecular weight is 365 g/mol. The van der Waals surface area contributed by atoms with E-state index in [1.165, 1.54) is 18.3 Å². The fourth-order valence-electron chi connectivity index (χ4n) is 2.56. The van der Waals surface area contributed by atoms with E-state index >= 15 is 0 Å². The van der Waals surface area contributed by atoms with Crippen LogP contribution in [0.1, 0.15) is 27.9 Å². The van der Waals surface area contributed by atoms with E-state index in [9.17, 15) is 9.59 Å². The van der Waals surface area contributed by atoms with Crippen LogP contribution in [0.25, 0.3) is 10.6 Å². The number of rotatable bonds is 4. The molecule has 0 unspecified atom stereocenters. The number of amides is 2.